The normalized spacial score (nSPS) is 18.8. The Hall–Kier alpha value is -1.37. The quantitative estimate of drug-likeness (QED) is 0.900. The lowest BCUT2D eigenvalue weighted by Crippen LogP contribution is -2.42. The van der Waals surface area contributed by atoms with Gasteiger partial charge in [0.2, 0.25) is 17.7 Å². The van der Waals surface area contributed by atoms with Crippen LogP contribution in [0.4, 0.5) is 5.95 Å². The molecule has 1 fully saturated rings. The van der Waals surface area contributed by atoms with E-state index in [0.717, 1.165) is 19.4 Å². The molecule has 1 aliphatic heterocycles. The molecule has 1 aliphatic rings. The van der Waals surface area contributed by atoms with Gasteiger partial charge in [-0.1, -0.05) is 0 Å². The first-order chi connectivity index (χ1) is 8.67. The zero-order valence-electron chi connectivity index (χ0n) is 10.3. The van der Waals surface area contributed by atoms with Crippen molar-refractivity contribution in [2.45, 2.75) is 18.9 Å². The van der Waals surface area contributed by atoms with Crippen LogP contribution in [-0.4, -0.2) is 42.6 Å². The Bertz CT molecular complexity index is 455. The van der Waals surface area contributed by atoms with Crippen LogP contribution in [0.3, 0.4) is 0 Å². The largest absolute Gasteiger partial charge is 0.480 e. The molecule has 1 aromatic rings. The zero-order chi connectivity index (χ0) is 13.1. The van der Waals surface area contributed by atoms with Gasteiger partial charge in [0.1, 0.15) is 6.04 Å². The van der Waals surface area contributed by atoms with Crippen LogP contribution in [0, 0.1) is 0 Å². The van der Waals surface area contributed by atoms with E-state index in [1.165, 1.54) is 0 Å². The second kappa shape index (κ2) is 5.51. The maximum atomic E-state index is 11.8. The number of nitrogens with zero attached hydrogens (tertiary/aromatic N) is 3. The maximum Gasteiger partial charge on any atom is 0.242 e. The first-order valence-corrected chi connectivity index (χ1v) is 6.51. The number of hydrogen-bond acceptors (Lipinski definition) is 5. The van der Waals surface area contributed by atoms with Crippen LogP contribution >= 0.6 is 15.9 Å². The molecule has 0 aliphatic carbocycles. The topological polar surface area (TPSA) is 67.4 Å². The van der Waals surface area contributed by atoms with Gasteiger partial charge in [-0.05, 0) is 28.8 Å². The molecule has 2 rings (SSSR count). The summed E-state index contributed by atoms with van der Waals surface area (Å²) in [6, 6.07) is -0.194. The third kappa shape index (κ3) is 2.40. The van der Waals surface area contributed by atoms with E-state index in [0.29, 0.717) is 16.3 Å². The summed E-state index contributed by atoms with van der Waals surface area (Å²) < 4.78 is 5.84. The van der Waals surface area contributed by atoms with Crippen molar-refractivity contribution < 1.29 is 9.53 Å². The molecule has 1 saturated heterocycles. The zero-order valence-corrected chi connectivity index (χ0v) is 11.9. The molecule has 0 bridgehead atoms. The van der Waals surface area contributed by atoms with Crippen molar-refractivity contribution in [3.05, 3.63) is 10.7 Å². The minimum Gasteiger partial charge on any atom is -0.480 e. The van der Waals surface area contributed by atoms with Gasteiger partial charge in [-0.2, -0.15) is 4.98 Å². The van der Waals surface area contributed by atoms with Crippen LogP contribution in [0.15, 0.2) is 10.7 Å². The van der Waals surface area contributed by atoms with Crippen molar-refractivity contribution in [2.75, 3.05) is 25.6 Å². The van der Waals surface area contributed by atoms with E-state index < -0.39 is 0 Å². The molecule has 0 saturated carbocycles. The Morgan fingerprint density at radius 2 is 2.44 bits per heavy atom. The number of likely N-dealkylation sites (N-methyl/N-ethyl adjacent to an activating group) is 1. The number of halogens is 1. The molecule has 1 unspecified atom stereocenters. The summed E-state index contributed by atoms with van der Waals surface area (Å²) >= 11 is 3.31. The summed E-state index contributed by atoms with van der Waals surface area (Å²) in [5, 5.41) is 2.67. The first-order valence-electron chi connectivity index (χ1n) is 5.72. The van der Waals surface area contributed by atoms with Crippen LogP contribution in [0.2, 0.25) is 0 Å². The summed E-state index contributed by atoms with van der Waals surface area (Å²) in [5.41, 5.74) is 0. The van der Waals surface area contributed by atoms with Gasteiger partial charge >= 0.3 is 0 Å². The molecule has 1 aromatic heterocycles. The van der Waals surface area contributed by atoms with E-state index in [-0.39, 0.29) is 11.9 Å². The molecular formula is C11H15BrN4O2. The molecule has 18 heavy (non-hydrogen) atoms. The standard InChI is InChI=1S/C11H15BrN4O2/c1-13-9(17)8-4-3-5-16(8)11-14-6-7(12)10(15-11)18-2/h6,8H,3-5H2,1-2H3,(H,13,17). The third-order valence-electron chi connectivity index (χ3n) is 2.95. The van der Waals surface area contributed by atoms with Crippen molar-refractivity contribution in [1.82, 2.24) is 15.3 Å². The van der Waals surface area contributed by atoms with Gasteiger partial charge in [-0.25, -0.2) is 4.98 Å². The highest BCUT2D eigenvalue weighted by atomic mass is 79.9. The minimum absolute atomic E-state index is 0.00187. The van der Waals surface area contributed by atoms with Gasteiger partial charge in [-0.3, -0.25) is 4.79 Å². The molecule has 0 spiro atoms. The molecule has 6 nitrogen and oxygen atoms in total. The lowest BCUT2D eigenvalue weighted by atomic mass is 10.2. The number of nitrogens with one attached hydrogen (secondary N) is 1. The van der Waals surface area contributed by atoms with Crippen LogP contribution in [0.5, 0.6) is 5.88 Å². The van der Waals surface area contributed by atoms with Crippen LogP contribution in [-0.2, 0) is 4.79 Å². The first kappa shape index (κ1) is 13.1. The molecule has 1 amide bonds. The predicted molar refractivity (Wildman–Crippen MR) is 70.7 cm³/mol. The highest BCUT2D eigenvalue weighted by molar-refractivity contribution is 9.10. The van der Waals surface area contributed by atoms with Crippen LogP contribution in [0.1, 0.15) is 12.8 Å². The fourth-order valence-corrected chi connectivity index (χ4v) is 2.42. The van der Waals surface area contributed by atoms with E-state index in [1.54, 1.807) is 20.4 Å². The van der Waals surface area contributed by atoms with Gasteiger partial charge in [0.05, 0.1) is 17.8 Å². The van der Waals surface area contributed by atoms with Gasteiger partial charge < -0.3 is 15.0 Å². The van der Waals surface area contributed by atoms with E-state index >= 15 is 0 Å². The van der Waals surface area contributed by atoms with Crippen molar-refractivity contribution in [3.8, 4) is 5.88 Å². The molecule has 0 radical (unpaired) electrons. The number of methoxy groups -OCH3 is 1. The lowest BCUT2D eigenvalue weighted by molar-refractivity contribution is -0.121. The maximum absolute atomic E-state index is 11.8. The number of anilines is 1. The van der Waals surface area contributed by atoms with Gasteiger partial charge in [-0.15, -0.1) is 0 Å². The highest BCUT2D eigenvalue weighted by Gasteiger charge is 2.32. The Balaban J connectivity index is 2.27. The fourth-order valence-electron chi connectivity index (χ4n) is 2.07. The fraction of sp³-hybridized carbons (Fsp3) is 0.545. The average Bonchev–Trinajstić information content (AvgIpc) is 2.87. The Morgan fingerprint density at radius 1 is 1.67 bits per heavy atom. The molecule has 98 valence electrons. The second-order valence-electron chi connectivity index (χ2n) is 3.99. The Labute approximate surface area is 114 Å². The van der Waals surface area contributed by atoms with Crippen LogP contribution in [0.25, 0.3) is 0 Å². The molecular weight excluding hydrogens is 300 g/mol. The van der Waals surface area contributed by atoms with E-state index in [4.69, 9.17) is 4.74 Å². The molecule has 1 atom stereocenters. The third-order valence-corrected chi connectivity index (χ3v) is 3.50. The molecule has 1 N–H and O–H groups in total. The number of rotatable bonds is 3. The predicted octanol–water partition coefficient (Wildman–Crippen LogP) is 0.962. The number of aromatic nitrogens is 2. The van der Waals surface area contributed by atoms with Crippen molar-refractivity contribution >= 4 is 27.8 Å². The van der Waals surface area contributed by atoms with Gasteiger partial charge in [0.15, 0.2) is 0 Å². The summed E-state index contributed by atoms with van der Waals surface area (Å²) in [4.78, 5) is 22.2. The summed E-state index contributed by atoms with van der Waals surface area (Å²) in [6.07, 6.45) is 3.42. The van der Waals surface area contributed by atoms with E-state index in [2.05, 4.69) is 31.2 Å². The van der Waals surface area contributed by atoms with Crippen molar-refractivity contribution in [2.24, 2.45) is 0 Å². The Morgan fingerprint density at radius 3 is 3.11 bits per heavy atom. The van der Waals surface area contributed by atoms with Crippen LogP contribution < -0.4 is 15.0 Å². The second-order valence-corrected chi connectivity index (χ2v) is 4.85. The molecule has 7 heteroatoms. The summed E-state index contributed by atoms with van der Waals surface area (Å²) in [5.74, 6) is 1.00. The SMILES string of the molecule is CNC(=O)C1CCCN1c1ncc(Br)c(OC)n1. The number of carbonyl (C=O) groups is 1. The monoisotopic (exact) mass is 314 g/mol. The summed E-state index contributed by atoms with van der Waals surface area (Å²) in [7, 11) is 3.19. The van der Waals surface area contributed by atoms with Gasteiger partial charge in [0.25, 0.3) is 0 Å². The number of hydrogen-bond donors (Lipinski definition) is 1. The van der Waals surface area contributed by atoms with Gasteiger partial charge in [0, 0.05) is 13.6 Å². The number of amides is 1. The van der Waals surface area contributed by atoms with E-state index in [1.807, 2.05) is 4.90 Å². The van der Waals surface area contributed by atoms with E-state index in [9.17, 15) is 4.79 Å². The Kier molecular flexibility index (Phi) is 4.00. The van der Waals surface area contributed by atoms with Crippen molar-refractivity contribution in [1.29, 1.82) is 0 Å². The highest BCUT2D eigenvalue weighted by Crippen LogP contribution is 2.27. The summed E-state index contributed by atoms with van der Waals surface area (Å²) in [6.45, 7) is 0.781. The number of carbonyl (C=O) groups excluding carboxylic acids is 1. The number of ether oxygens (including phenoxy) is 1. The average molecular weight is 315 g/mol. The minimum atomic E-state index is -0.194. The molecule has 2 heterocycles. The molecule has 0 aromatic carbocycles. The smallest absolute Gasteiger partial charge is 0.242 e. The lowest BCUT2D eigenvalue weighted by Gasteiger charge is -2.23. The van der Waals surface area contributed by atoms with Crippen molar-refractivity contribution in [3.63, 3.8) is 0 Å².